The number of fused-ring (bicyclic) bond motifs is 4. The van der Waals surface area contributed by atoms with Crippen LogP contribution in [0.25, 0.3) is 44.0 Å². The summed E-state index contributed by atoms with van der Waals surface area (Å²) in [5, 5.41) is 4.30. The molecule has 0 N–H and O–H groups in total. The molecule has 0 fully saturated rings. The first-order chi connectivity index (χ1) is 13.1. The predicted molar refractivity (Wildman–Crippen MR) is 109 cm³/mol. The molecule has 0 bridgehead atoms. The first-order valence-corrected chi connectivity index (χ1v) is 9.11. The van der Waals surface area contributed by atoms with Crippen molar-refractivity contribution in [3.8, 4) is 11.3 Å². The Kier molecular flexibility index (Phi) is 3.51. The van der Waals surface area contributed by atoms with Crippen LogP contribution in [-0.2, 0) is 0 Å². The highest BCUT2D eigenvalue weighted by Crippen LogP contribution is 2.37. The predicted octanol–water partition coefficient (Wildman–Crippen LogP) is 7.06. The lowest BCUT2D eigenvalue weighted by Gasteiger charge is -2.13. The third kappa shape index (κ3) is 2.50. The molecule has 0 saturated heterocycles. The van der Waals surface area contributed by atoms with Crippen LogP contribution in [0.2, 0.25) is 0 Å². The minimum Gasteiger partial charge on any atom is -0.454 e. The smallest absolute Gasteiger partial charge is 0.161 e. The van der Waals surface area contributed by atoms with E-state index >= 15 is 0 Å². The average Bonchev–Trinajstić information content (AvgIpc) is 3.04. The van der Waals surface area contributed by atoms with Crippen LogP contribution in [0.4, 0.5) is 4.39 Å². The van der Waals surface area contributed by atoms with Crippen molar-refractivity contribution < 1.29 is 8.81 Å². The highest BCUT2D eigenvalue weighted by molar-refractivity contribution is 6.09. The van der Waals surface area contributed by atoms with E-state index in [-0.39, 0.29) is 5.82 Å². The van der Waals surface area contributed by atoms with Gasteiger partial charge in [0.25, 0.3) is 0 Å². The van der Waals surface area contributed by atoms with Gasteiger partial charge >= 0.3 is 0 Å². The van der Waals surface area contributed by atoms with E-state index in [1.807, 2.05) is 12.1 Å². The molecule has 0 aliphatic carbocycles. The van der Waals surface area contributed by atoms with E-state index in [4.69, 9.17) is 4.42 Å². The molecule has 0 unspecified atom stereocenters. The third-order valence-electron chi connectivity index (χ3n) is 5.14. The van der Waals surface area contributed by atoms with E-state index in [1.165, 1.54) is 28.5 Å². The Hall–Kier alpha value is -3.20. The highest BCUT2D eigenvalue weighted by Gasteiger charge is 2.16. The summed E-state index contributed by atoms with van der Waals surface area (Å²) in [6.45, 7) is 4.40. The van der Waals surface area contributed by atoms with E-state index < -0.39 is 0 Å². The van der Waals surface area contributed by atoms with Crippen molar-refractivity contribution in [2.24, 2.45) is 0 Å². The van der Waals surface area contributed by atoms with Crippen LogP contribution in [0, 0.1) is 5.82 Å². The van der Waals surface area contributed by atoms with Crippen LogP contribution in [-0.4, -0.2) is 4.98 Å². The van der Waals surface area contributed by atoms with Crippen LogP contribution in [0.5, 0.6) is 0 Å². The second-order valence-corrected chi connectivity index (χ2v) is 7.22. The number of rotatable bonds is 2. The Balaban J connectivity index is 1.84. The van der Waals surface area contributed by atoms with Gasteiger partial charge in [0.15, 0.2) is 5.58 Å². The lowest BCUT2D eigenvalue weighted by molar-refractivity contribution is 0.618. The van der Waals surface area contributed by atoms with Gasteiger partial charge in [-0.05, 0) is 52.6 Å². The van der Waals surface area contributed by atoms with E-state index in [2.05, 4.69) is 49.2 Å². The van der Waals surface area contributed by atoms with Crippen LogP contribution in [0.3, 0.4) is 0 Å². The summed E-state index contributed by atoms with van der Waals surface area (Å²) in [5.41, 5.74) is 4.33. The van der Waals surface area contributed by atoms with Crippen molar-refractivity contribution in [3.05, 3.63) is 78.2 Å². The number of benzene rings is 3. The summed E-state index contributed by atoms with van der Waals surface area (Å²) >= 11 is 0. The van der Waals surface area contributed by atoms with Crippen LogP contribution in [0.15, 0.2) is 71.3 Å². The first kappa shape index (κ1) is 16.0. The molecular formula is C24H18FNO. The summed E-state index contributed by atoms with van der Waals surface area (Å²) in [5.74, 6) is 0.0858. The molecule has 2 nitrogen and oxygen atoms in total. The number of hydrogen-bond acceptors (Lipinski definition) is 2. The van der Waals surface area contributed by atoms with Gasteiger partial charge in [0.1, 0.15) is 17.1 Å². The largest absolute Gasteiger partial charge is 0.454 e. The summed E-state index contributed by atoms with van der Waals surface area (Å²) in [7, 11) is 0. The summed E-state index contributed by atoms with van der Waals surface area (Å²) in [4.78, 5) is 4.61. The minimum absolute atomic E-state index is 0.302. The number of nitrogens with zero attached hydrogens (tertiary/aromatic N) is 1. The van der Waals surface area contributed by atoms with Crippen LogP contribution in [0.1, 0.15) is 25.3 Å². The molecule has 3 aromatic carbocycles. The summed E-state index contributed by atoms with van der Waals surface area (Å²) in [6, 6.07) is 19.3. The van der Waals surface area contributed by atoms with Gasteiger partial charge in [-0.25, -0.2) is 4.39 Å². The van der Waals surface area contributed by atoms with E-state index in [1.54, 1.807) is 12.3 Å². The molecule has 5 aromatic rings. The molecule has 0 aliphatic heterocycles. The minimum atomic E-state index is -0.302. The van der Waals surface area contributed by atoms with Crippen molar-refractivity contribution in [1.82, 2.24) is 4.98 Å². The van der Waals surface area contributed by atoms with Gasteiger partial charge in [0, 0.05) is 28.6 Å². The van der Waals surface area contributed by atoms with E-state index in [0.29, 0.717) is 17.1 Å². The van der Waals surface area contributed by atoms with Crippen molar-refractivity contribution in [3.63, 3.8) is 0 Å². The van der Waals surface area contributed by atoms with Crippen molar-refractivity contribution in [1.29, 1.82) is 0 Å². The number of aromatic nitrogens is 1. The first-order valence-electron chi connectivity index (χ1n) is 9.11. The van der Waals surface area contributed by atoms with E-state index in [9.17, 15) is 4.39 Å². The van der Waals surface area contributed by atoms with Gasteiger partial charge in [-0.1, -0.05) is 38.1 Å². The Morgan fingerprint density at radius 2 is 1.74 bits per heavy atom. The average molecular weight is 355 g/mol. The van der Waals surface area contributed by atoms with Crippen LogP contribution < -0.4 is 0 Å². The van der Waals surface area contributed by atoms with Crippen molar-refractivity contribution >= 4 is 32.7 Å². The maximum absolute atomic E-state index is 13.6. The SMILES string of the molecule is CC(C)c1cc(-c2nccc3c2oc2cc(F)ccc23)cc2ccccc12. The second kappa shape index (κ2) is 5.92. The topological polar surface area (TPSA) is 26.0 Å². The maximum atomic E-state index is 13.6. The summed E-state index contributed by atoms with van der Waals surface area (Å²) < 4.78 is 19.7. The zero-order chi connectivity index (χ0) is 18.5. The van der Waals surface area contributed by atoms with Crippen molar-refractivity contribution in [2.45, 2.75) is 19.8 Å². The molecule has 3 heteroatoms. The summed E-state index contributed by atoms with van der Waals surface area (Å²) in [6.07, 6.45) is 1.79. The molecule has 0 radical (unpaired) electrons. The quantitative estimate of drug-likeness (QED) is 0.339. The highest BCUT2D eigenvalue weighted by atomic mass is 19.1. The molecule has 0 saturated carbocycles. The fraction of sp³-hybridized carbons (Fsp3) is 0.125. The zero-order valence-electron chi connectivity index (χ0n) is 15.2. The molecule has 27 heavy (non-hydrogen) atoms. The Morgan fingerprint density at radius 1 is 0.889 bits per heavy atom. The van der Waals surface area contributed by atoms with Gasteiger partial charge in [0.05, 0.1) is 0 Å². The number of halogens is 1. The standard InChI is InChI=1S/C24H18FNO/c1-14(2)21-12-16(11-15-5-3-4-6-18(15)21)23-24-20(9-10-26-23)19-8-7-17(25)13-22(19)27-24/h3-14H,1-2H3. The molecule has 0 spiro atoms. The molecule has 2 heterocycles. The molecule has 5 rings (SSSR count). The van der Waals surface area contributed by atoms with E-state index in [0.717, 1.165) is 22.0 Å². The third-order valence-corrected chi connectivity index (χ3v) is 5.14. The number of pyridine rings is 1. The maximum Gasteiger partial charge on any atom is 0.161 e. The number of furan rings is 1. The van der Waals surface area contributed by atoms with Gasteiger partial charge in [-0.2, -0.15) is 0 Å². The van der Waals surface area contributed by atoms with Crippen molar-refractivity contribution in [2.75, 3.05) is 0 Å². The molecule has 0 amide bonds. The van der Waals surface area contributed by atoms with Gasteiger partial charge in [-0.3, -0.25) is 4.98 Å². The second-order valence-electron chi connectivity index (χ2n) is 7.22. The monoisotopic (exact) mass is 355 g/mol. The number of hydrogen-bond donors (Lipinski definition) is 0. The van der Waals surface area contributed by atoms with Gasteiger partial charge in [-0.15, -0.1) is 0 Å². The lowest BCUT2D eigenvalue weighted by Crippen LogP contribution is -1.92. The molecule has 0 aliphatic rings. The van der Waals surface area contributed by atoms with Gasteiger partial charge in [0.2, 0.25) is 0 Å². The van der Waals surface area contributed by atoms with Crippen LogP contribution >= 0.6 is 0 Å². The molecule has 132 valence electrons. The lowest BCUT2D eigenvalue weighted by atomic mass is 9.92. The fourth-order valence-corrected chi connectivity index (χ4v) is 3.84. The molecular weight excluding hydrogens is 337 g/mol. The Bertz CT molecular complexity index is 1320. The molecule has 2 aromatic heterocycles. The normalized spacial score (nSPS) is 11.9. The zero-order valence-corrected chi connectivity index (χ0v) is 15.2. The fourth-order valence-electron chi connectivity index (χ4n) is 3.84. The molecule has 0 atom stereocenters. The van der Waals surface area contributed by atoms with Gasteiger partial charge < -0.3 is 4.42 Å². The Morgan fingerprint density at radius 3 is 2.59 bits per heavy atom. The Labute approximate surface area is 156 Å².